The highest BCUT2D eigenvalue weighted by Crippen LogP contribution is 2.34. The number of methoxy groups -OCH3 is 1. The molecule has 0 fully saturated rings. The van der Waals surface area contributed by atoms with Crippen LogP contribution in [0.4, 0.5) is 0 Å². The van der Waals surface area contributed by atoms with Gasteiger partial charge in [-0.3, -0.25) is 4.79 Å². The average Bonchev–Trinajstić information content (AvgIpc) is 3.00. The van der Waals surface area contributed by atoms with Crippen LogP contribution in [0.2, 0.25) is 0 Å². The molecule has 2 heterocycles. The summed E-state index contributed by atoms with van der Waals surface area (Å²) in [5.41, 5.74) is 1.91. The summed E-state index contributed by atoms with van der Waals surface area (Å²) in [6.45, 7) is 0. The van der Waals surface area contributed by atoms with Crippen molar-refractivity contribution in [3.8, 4) is 5.75 Å². The minimum absolute atomic E-state index is 0.0997. The molecule has 0 aliphatic heterocycles. The van der Waals surface area contributed by atoms with Crippen LogP contribution in [0.5, 0.6) is 5.75 Å². The lowest BCUT2D eigenvalue weighted by atomic mass is 9.97. The van der Waals surface area contributed by atoms with Crippen LogP contribution in [0.1, 0.15) is 28.8 Å². The molecule has 0 unspecified atom stereocenters. The third-order valence-electron chi connectivity index (χ3n) is 4.41. The second-order valence-corrected chi connectivity index (χ2v) is 8.84. The number of aryl methyl sites for hydroxylation is 2. The quantitative estimate of drug-likeness (QED) is 0.491. The molecule has 0 spiro atoms. The predicted molar refractivity (Wildman–Crippen MR) is 112 cm³/mol. The normalized spacial score (nSPS) is 14.1. The van der Waals surface area contributed by atoms with Crippen LogP contribution < -0.4 is 10.3 Å². The SMILES string of the molecule is COc1c(Br)cc(/C=N\n2cnc3sc4c(c3c2=O)CCCC4)cc1Br. The number of hydrogen-bond donors (Lipinski definition) is 0. The van der Waals surface area contributed by atoms with Crippen LogP contribution in [0.25, 0.3) is 10.2 Å². The van der Waals surface area contributed by atoms with Crippen LogP contribution in [-0.4, -0.2) is 23.0 Å². The molecular formula is C18H15Br2N3O2S. The van der Waals surface area contributed by atoms with E-state index in [1.807, 2.05) is 12.1 Å². The van der Waals surface area contributed by atoms with Crippen molar-refractivity contribution in [2.45, 2.75) is 25.7 Å². The number of hydrogen-bond acceptors (Lipinski definition) is 5. The van der Waals surface area contributed by atoms with Crippen molar-refractivity contribution in [2.24, 2.45) is 5.10 Å². The summed E-state index contributed by atoms with van der Waals surface area (Å²) in [4.78, 5) is 19.5. The first-order chi connectivity index (χ1) is 12.6. The smallest absolute Gasteiger partial charge is 0.282 e. The predicted octanol–water partition coefficient (Wildman–Crippen LogP) is 4.75. The Morgan fingerprint density at radius 3 is 2.73 bits per heavy atom. The molecule has 0 bridgehead atoms. The Morgan fingerprint density at radius 2 is 2.00 bits per heavy atom. The molecule has 0 saturated heterocycles. The molecule has 134 valence electrons. The monoisotopic (exact) mass is 495 g/mol. The fourth-order valence-corrected chi connectivity index (χ4v) is 5.96. The molecule has 8 heteroatoms. The van der Waals surface area contributed by atoms with Gasteiger partial charge in [0.05, 0.1) is 27.7 Å². The van der Waals surface area contributed by atoms with E-state index < -0.39 is 0 Å². The minimum Gasteiger partial charge on any atom is -0.494 e. The summed E-state index contributed by atoms with van der Waals surface area (Å²) in [5.74, 6) is 0.715. The molecule has 3 aromatic rings. The van der Waals surface area contributed by atoms with E-state index in [1.165, 1.54) is 27.9 Å². The summed E-state index contributed by atoms with van der Waals surface area (Å²) in [5, 5.41) is 5.07. The van der Waals surface area contributed by atoms with Crippen molar-refractivity contribution >= 4 is 59.6 Å². The second kappa shape index (κ2) is 7.25. The fraction of sp³-hybridized carbons (Fsp3) is 0.278. The molecule has 26 heavy (non-hydrogen) atoms. The second-order valence-electron chi connectivity index (χ2n) is 6.05. The third-order valence-corrected chi connectivity index (χ3v) is 6.79. The molecule has 4 rings (SSSR count). The Kier molecular flexibility index (Phi) is 4.98. The van der Waals surface area contributed by atoms with Gasteiger partial charge in [-0.1, -0.05) is 0 Å². The number of ether oxygens (including phenoxy) is 1. The first-order valence-electron chi connectivity index (χ1n) is 8.18. The lowest BCUT2D eigenvalue weighted by Gasteiger charge is -2.09. The maximum Gasteiger partial charge on any atom is 0.282 e. The lowest BCUT2D eigenvalue weighted by Crippen LogP contribution is -2.18. The van der Waals surface area contributed by atoms with Gasteiger partial charge in [-0.2, -0.15) is 9.78 Å². The van der Waals surface area contributed by atoms with Crippen molar-refractivity contribution in [2.75, 3.05) is 7.11 Å². The van der Waals surface area contributed by atoms with Gasteiger partial charge in [-0.25, -0.2) is 4.98 Å². The highest BCUT2D eigenvalue weighted by atomic mass is 79.9. The Labute approximate surface area is 171 Å². The zero-order chi connectivity index (χ0) is 18.3. The zero-order valence-corrected chi connectivity index (χ0v) is 17.9. The van der Waals surface area contributed by atoms with Crippen LogP contribution in [-0.2, 0) is 12.8 Å². The van der Waals surface area contributed by atoms with E-state index in [0.717, 1.165) is 44.0 Å². The van der Waals surface area contributed by atoms with Crippen molar-refractivity contribution < 1.29 is 4.74 Å². The van der Waals surface area contributed by atoms with Crippen molar-refractivity contribution in [1.29, 1.82) is 0 Å². The highest BCUT2D eigenvalue weighted by molar-refractivity contribution is 9.11. The van der Waals surface area contributed by atoms with Crippen molar-refractivity contribution in [3.05, 3.63) is 53.8 Å². The Hall–Kier alpha value is -1.51. The van der Waals surface area contributed by atoms with E-state index in [4.69, 9.17) is 4.74 Å². The molecule has 1 aliphatic carbocycles. The van der Waals surface area contributed by atoms with Gasteiger partial charge in [0.15, 0.2) is 0 Å². The molecule has 5 nitrogen and oxygen atoms in total. The molecule has 0 amide bonds. The summed E-state index contributed by atoms with van der Waals surface area (Å²) < 4.78 is 8.24. The van der Waals surface area contributed by atoms with Gasteiger partial charge >= 0.3 is 0 Å². The van der Waals surface area contributed by atoms with Gasteiger partial charge in [0.25, 0.3) is 5.56 Å². The summed E-state index contributed by atoms with van der Waals surface area (Å²) in [7, 11) is 1.61. The molecule has 2 aromatic heterocycles. The van der Waals surface area contributed by atoms with E-state index in [0.29, 0.717) is 5.75 Å². The zero-order valence-electron chi connectivity index (χ0n) is 14.0. The number of benzene rings is 1. The lowest BCUT2D eigenvalue weighted by molar-refractivity contribution is 0.409. The molecule has 1 aromatic carbocycles. The number of aromatic nitrogens is 2. The number of rotatable bonds is 3. The van der Waals surface area contributed by atoms with Crippen LogP contribution in [0.15, 0.2) is 37.3 Å². The third kappa shape index (κ3) is 3.14. The van der Waals surface area contributed by atoms with Gasteiger partial charge in [-0.15, -0.1) is 11.3 Å². The van der Waals surface area contributed by atoms with Crippen LogP contribution >= 0.6 is 43.2 Å². The fourth-order valence-electron chi connectivity index (χ4n) is 3.20. The van der Waals surface area contributed by atoms with Gasteiger partial charge in [0.2, 0.25) is 0 Å². The summed E-state index contributed by atoms with van der Waals surface area (Å²) in [6, 6.07) is 3.77. The summed E-state index contributed by atoms with van der Waals surface area (Å²) in [6.07, 6.45) is 7.46. The van der Waals surface area contributed by atoms with E-state index in [-0.39, 0.29) is 5.56 Å². The number of nitrogens with zero attached hydrogens (tertiary/aromatic N) is 3. The van der Waals surface area contributed by atoms with Gasteiger partial charge < -0.3 is 4.74 Å². The highest BCUT2D eigenvalue weighted by Gasteiger charge is 2.19. The van der Waals surface area contributed by atoms with Gasteiger partial charge in [0.1, 0.15) is 16.9 Å². The number of fused-ring (bicyclic) bond motifs is 3. The Morgan fingerprint density at radius 1 is 1.27 bits per heavy atom. The average molecular weight is 497 g/mol. The van der Waals surface area contributed by atoms with Gasteiger partial charge in [-0.05, 0) is 80.8 Å². The standard InChI is InChI=1S/C18H15Br2N3O2S/c1-25-16-12(19)6-10(7-13(16)20)8-22-23-9-21-17-15(18(23)24)11-4-2-3-5-14(11)26-17/h6-9H,2-5H2,1H3/b22-8-. The first kappa shape index (κ1) is 17.9. The largest absolute Gasteiger partial charge is 0.494 e. The molecule has 0 saturated carbocycles. The molecule has 0 atom stereocenters. The van der Waals surface area contributed by atoms with Crippen molar-refractivity contribution in [3.63, 3.8) is 0 Å². The van der Waals surface area contributed by atoms with E-state index in [1.54, 1.807) is 24.7 Å². The number of halogens is 2. The van der Waals surface area contributed by atoms with E-state index in [9.17, 15) is 4.79 Å². The van der Waals surface area contributed by atoms with Crippen molar-refractivity contribution in [1.82, 2.24) is 9.66 Å². The molecule has 0 N–H and O–H groups in total. The Balaban J connectivity index is 1.75. The van der Waals surface area contributed by atoms with Crippen LogP contribution in [0.3, 0.4) is 0 Å². The maximum absolute atomic E-state index is 12.9. The molecule has 1 aliphatic rings. The maximum atomic E-state index is 12.9. The summed E-state index contributed by atoms with van der Waals surface area (Å²) >= 11 is 8.58. The van der Waals surface area contributed by atoms with E-state index in [2.05, 4.69) is 41.9 Å². The topological polar surface area (TPSA) is 56.5 Å². The number of thiophene rings is 1. The Bertz CT molecular complexity index is 1060. The van der Waals surface area contributed by atoms with Gasteiger partial charge in [0, 0.05) is 4.88 Å². The first-order valence-corrected chi connectivity index (χ1v) is 10.6. The minimum atomic E-state index is -0.0997. The molecule has 0 radical (unpaired) electrons. The van der Waals surface area contributed by atoms with E-state index >= 15 is 0 Å². The molecular weight excluding hydrogens is 482 g/mol. The van der Waals surface area contributed by atoms with Crippen LogP contribution in [0, 0.1) is 0 Å².